The zero-order valence-electron chi connectivity index (χ0n) is 15.3. The average molecular weight is 343 g/mol. The maximum Gasteiger partial charge on any atom is 0.243 e. The number of anilines is 1. The molecule has 0 aromatic heterocycles. The van der Waals surface area contributed by atoms with Crippen LogP contribution in [0.25, 0.3) is 0 Å². The summed E-state index contributed by atoms with van der Waals surface area (Å²) >= 11 is 0. The van der Waals surface area contributed by atoms with Crippen molar-refractivity contribution in [3.05, 3.63) is 29.8 Å². The average Bonchev–Trinajstić information content (AvgIpc) is 3.02. The van der Waals surface area contributed by atoms with E-state index in [9.17, 15) is 9.59 Å². The van der Waals surface area contributed by atoms with E-state index in [1.807, 2.05) is 24.3 Å². The van der Waals surface area contributed by atoms with E-state index in [1.54, 1.807) is 4.90 Å². The number of amides is 2. The third-order valence-electron chi connectivity index (χ3n) is 5.58. The van der Waals surface area contributed by atoms with Crippen LogP contribution in [0.15, 0.2) is 24.3 Å². The van der Waals surface area contributed by atoms with Crippen LogP contribution in [0.4, 0.5) is 5.69 Å². The van der Waals surface area contributed by atoms with Crippen LogP contribution in [0.1, 0.15) is 44.6 Å². The van der Waals surface area contributed by atoms with Gasteiger partial charge in [-0.1, -0.05) is 37.5 Å². The second-order valence-electron chi connectivity index (χ2n) is 7.30. The summed E-state index contributed by atoms with van der Waals surface area (Å²) in [4.78, 5) is 28.7. The highest BCUT2D eigenvalue weighted by atomic mass is 16.2. The maximum atomic E-state index is 12.7. The Kier molecular flexibility index (Phi) is 5.74. The largest absolute Gasteiger partial charge is 0.353 e. The SMILES string of the molecule is CC(=O)N1c2ccccc2CC1C(=O)NCCN(C)C1CCCCC1. The number of nitrogens with zero attached hydrogens (tertiary/aromatic N) is 2. The summed E-state index contributed by atoms with van der Waals surface area (Å²) in [5.41, 5.74) is 1.94. The van der Waals surface area contributed by atoms with Gasteiger partial charge in [0, 0.05) is 38.2 Å². The minimum absolute atomic E-state index is 0.0524. The minimum atomic E-state index is -0.421. The second kappa shape index (κ2) is 8.00. The summed E-state index contributed by atoms with van der Waals surface area (Å²) in [5, 5.41) is 3.04. The molecule has 2 amide bonds. The van der Waals surface area contributed by atoms with Crippen LogP contribution in [0, 0.1) is 0 Å². The molecule has 1 aromatic carbocycles. The van der Waals surface area contributed by atoms with Crippen molar-refractivity contribution in [2.45, 2.75) is 57.5 Å². The summed E-state index contributed by atoms with van der Waals surface area (Å²) in [7, 11) is 2.15. The first kappa shape index (κ1) is 17.9. The van der Waals surface area contributed by atoms with E-state index in [-0.39, 0.29) is 11.8 Å². The molecule has 2 aliphatic rings. The molecule has 1 N–H and O–H groups in total. The number of para-hydroxylation sites is 1. The van der Waals surface area contributed by atoms with Crippen LogP contribution in [0.5, 0.6) is 0 Å². The van der Waals surface area contributed by atoms with Gasteiger partial charge in [-0.15, -0.1) is 0 Å². The molecule has 1 heterocycles. The molecule has 0 spiro atoms. The van der Waals surface area contributed by atoms with Crippen molar-refractivity contribution in [3.63, 3.8) is 0 Å². The van der Waals surface area contributed by atoms with Crippen molar-refractivity contribution in [1.29, 1.82) is 0 Å². The van der Waals surface area contributed by atoms with E-state index in [1.165, 1.54) is 39.0 Å². The summed E-state index contributed by atoms with van der Waals surface area (Å²) in [6.45, 7) is 3.01. The second-order valence-corrected chi connectivity index (χ2v) is 7.30. The Morgan fingerprint density at radius 2 is 1.92 bits per heavy atom. The summed E-state index contributed by atoms with van der Waals surface area (Å²) in [6, 6.07) is 8.01. The van der Waals surface area contributed by atoms with Gasteiger partial charge in [-0.2, -0.15) is 0 Å². The number of likely N-dealkylation sites (N-methyl/N-ethyl adjacent to an activating group) is 1. The minimum Gasteiger partial charge on any atom is -0.353 e. The number of nitrogens with one attached hydrogen (secondary N) is 1. The number of hydrogen-bond acceptors (Lipinski definition) is 3. The molecule has 1 aromatic rings. The molecule has 0 saturated heterocycles. The van der Waals surface area contributed by atoms with Gasteiger partial charge in [0.05, 0.1) is 0 Å². The lowest BCUT2D eigenvalue weighted by molar-refractivity contribution is -0.125. The number of hydrogen-bond donors (Lipinski definition) is 1. The molecule has 3 rings (SSSR count). The van der Waals surface area contributed by atoms with E-state index >= 15 is 0 Å². The van der Waals surface area contributed by atoms with Gasteiger partial charge >= 0.3 is 0 Å². The van der Waals surface area contributed by atoms with Crippen molar-refractivity contribution in [1.82, 2.24) is 10.2 Å². The Bertz CT molecular complexity index is 625. The number of fused-ring (bicyclic) bond motifs is 1. The molecule has 1 fully saturated rings. The van der Waals surface area contributed by atoms with Crippen LogP contribution in [0.3, 0.4) is 0 Å². The predicted molar refractivity (Wildman–Crippen MR) is 99.6 cm³/mol. The third kappa shape index (κ3) is 4.03. The molecule has 25 heavy (non-hydrogen) atoms. The molecule has 1 aliphatic heterocycles. The van der Waals surface area contributed by atoms with E-state index in [0.717, 1.165) is 17.8 Å². The highest BCUT2D eigenvalue weighted by Gasteiger charge is 2.36. The van der Waals surface area contributed by atoms with Crippen molar-refractivity contribution in [2.75, 3.05) is 25.0 Å². The first-order valence-corrected chi connectivity index (χ1v) is 9.43. The molecular weight excluding hydrogens is 314 g/mol. The summed E-state index contributed by atoms with van der Waals surface area (Å²) < 4.78 is 0. The van der Waals surface area contributed by atoms with Crippen LogP contribution in [-0.4, -0.2) is 48.9 Å². The van der Waals surface area contributed by atoms with Crippen molar-refractivity contribution in [3.8, 4) is 0 Å². The van der Waals surface area contributed by atoms with Gasteiger partial charge in [0.25, 0.3) is 0 Å². The van der Waals surface area contributed by atoms with Gasteiger partial charge in [0.2, 0.25) is 11.8 Å². The smallest absolute Gasteiger partial charge is 0.243 e. The fourth-order valence-corrected chi connectivity index (χ4v) is 4.16. The van der Waals surface area contributed by atoms with Crippen molar-refractivity contribution >= 4 is 17.5 Å². The molecule has 1 aliphatic carbocycles. The molecule has 5 nitrogen and oxygen atoms in total. The lowest BCUT2D eigenvalue weighted by Crippen LogP contribution is -2.49. The lowest BCUT2D eigenvalue weighted by atomic mass is 9.94. The first-order chi connectivity index (χ1) is 12.1. The van der Waals surface area contributed by atoms with E-state index in [4.69, 9.17) is 0 Å². The molecule has 5 heteroatoms. The van der Waals surface area contributed by atoms with Crippen LogP contribution in [0.2, 0.25) is 0 Å². The number of benzene rings is 1. The molecule has 0 bridgehead atoms. The molecule has 1 saturated carbocycles. The van der Waals surface area contributed by atoms with Crippen molar-refractivity contribution in [2.24, 2.45) is 0 Å². The third-order valence-corrected chi connectivity index (χ3v) is 5.58. The molecule has 136 valence electrons. The molecular formula is C20H29N3O2. The summed E-state index contributed by atoms with van der Waals surface area (Å²) in [6.07, 6.45) is 7.11. The Hall–Kier alpha value is -1.88. The van der Waals surface area contributed by atoms with Gasteiger partial charge < -0.3 is 10.2 Å². The quantitative estimate of drug-likeness (QED) is 0.893. The van der Waals surface area contributed by atoms with Gasteiger partial charge in [-0.3, -0.25) is 14.5 Å². The molecule has 0 radical (unpaired) electrons. The fraction of sp³-hybridized carbons (Fsp3) is 0.600. The van der Waals surface area contributed by atoms with Crippen LogP contribution < -0.4 is 10.2 Å². The molecule has 1 atom stereocenters. The maximum absolute atomic E-state index is 12.7. The van der Waals surface area contributed by atoms with E-state index in [0.29, 0.717) is 19.0 Å². The Labute approximate surface area is 150 Å². The van der Waals surface area contributed by atoms with Gasteiger partial charge in [-0.05, 0) is 31.5 Å². The number of carbonyl (C=O) groups excluding carboxylic acids is 2. The van der Waals surface area contributed by atoms with Gasteiger partial charge in [0.15, 0.2) is 0 Å². The fourth-order valence-electron chi connectivity index (χ4n) is 4.16. The zero-order valence-corrected chi connectivity index (χ0v) is 15.3. The topological polar surface area (TPSA) is 52.7 Å². The molecule has 1 unspecified atom stereocenters. The number of rotatable bonds is 5. The Morgan fingerprint density at radius 1 is 1.20 bits per heavy atom. The highest BCUT2D eigenvalue weighted by Crippen LogP contribution is 2.32. The van der Waals surface area contributed by atoms with Gasteiger partial charge in [0.1, 0.15) is 6.04 Å². The lowest BCUT2D eigenvalue weighted by Gasteiger charge is -2.31. The standard InChI is InChI=1S/C20H29N3O2/c1-15(24)23-18-11-7-6-8-16(18)14-19(23)20(25)21-12-13-22(2)17-9-4-3-5-10-17/h6-8,11,17,19H,3-5,9-10,12-14H2,1-2H3,(H,21,25). The number of carbonyl (C=O) groups is 2. The van der Waals surface area contributed by atoms with E-state index < -0.39 is 6.04 Å². The monoisotopic (exact) mass is 343 g/mol. The normalized spacial score (nSPS) is 20.6. The van der Waals surface area contributed by atoms with Crippen LogP contribution in [-0.2, 0) is 16.0 Å². The Balaban J connectivity index is 1.53. The van der Waals surface area contributed by atoms with E-state index in [2.05, 4.69) is 17.3 Å². The Morgan fingerprint density at radius 3 is 2.64 bits per heavy atom. The highest BCUT2D eigenvalue weighted by molar-refractivity contribution is 6.02. The predicted octanol–water partition coefficient (Wildman–Crippen LogP) is 2.34. The van der Waals surface area contributed by atoms with Gasteiger partial charge in [-0.25, -0.2) is 0 Å². The van der Waals surface area contributed by atoms with Crippen LogP contribution >= 0.6 is 0 Å². The van der Waals surface area contributed by atoms with Crippen molar-refractivity contribution < 1.29 is 9.59 Å². The summed E-state index contributed by atoms with van der Waals surface area (Å²) in [5.74, 6) is -0.132. The first-order valence-electron chi connectivity index (χ1n) is 9.43. The zero-order chi connectivity index (χ0) is 17.8.